The predicted octanol–water partition coefficient (Wildman–Crippen LogP) is 2.83. The monoisotopic (exact) mass is 324 g/mol. The third-order valence-corrected chi connectivity index (χ3v) is 3.39. The van der Waals surface area contributed by atoms with Gasteiger partial charge in [0.2, 0.25) is 0 Å². The normalized spacial score (nSPS) is 10.3. The highest BCUT2D eigenvalue weighted by Gasteiger charge is 2.03. The van der Waals surface area contributed by atoms with Crippen LogP contribution >= 0.6 is 0 Å². The van der Waals surface area contributed by atoms with Crippen molar-refractivity contribution in [3.63, 3.8) is 0 Å². The largest absolute Gasteiger partial charge is 0.494 e. The van der Waals surface area contributed by atoms with E-state index in [-0.39, 0.29) is 5.97 Å². The van der Waals surface area contributed by atoms with Crippen LogP contribution in [0.5, 0.6) is 5.75 Å². The molecule has 0 saturated carbocycles. The quantitative estimate of drug-likeness (QED) is 0.349. The average Bonchev–Trinajstić information content (AvgIpc) is 2.56. The zero-order chi connectivity index (χ0) is 16.9. The molecule has 1 aromatic rings. The molecule has 0 bridgehead atoms. The molecule has 0 amide bonds. The van der Waals surface area contributed by atoms with Crippen molar-refractivity contribution < 1.29 is 19.0 Å². The lowest BCUT2D eigenvalue weighted by atomic mass is 10.2. The van der Waals surface area contributed by atoms with Gasteiger partial charge in [-0.3, -0.25) is 4.79 Å². The van der Waals surface area contributed by atoms with Gasteiger partial charge < -0.3 is 25.3 Å². The number of nitrogens with one attached hydrogen (secondary N) is 1. The Morgan fingerprint density at radius 1 is 1.13 bits per heavy atom. The van der Waals surface area contributed by atoms with Crippen LogP contribution in [0.4, 0.5) is 11.4 Å². The number of esters is 1. The molecular formula is C17H28N2O4. The third kappa shape index (κ3) is 8.30. The van der Waals surface area contributed by atoms with Crippen molar-refractivity contribution in [3.05, 3.63) is 18.2 Å². The van der Waals surface area contributed by atoms with Crippen molar-refractivity contribution in [1.82, 2.24) is 0 Å². The molecule has 1 aromatic carbocycles. The smallest absolute Gasteiger partial charge is 0.305 e. The maximum Gasteiger partial charge on any atom is 0.305 e. The number of nitrogens with two attached hydrogens (primary N) is 1. The summed E-state index contributed by atoms with van der Waals surface area (Å²) in [6.07, 6.45) is 4.05. The van der Waals surface area contributed by atoms with E-state index in [2.05, 4.69) is 10.1 Å². The van der Waals surface area contributed by atoms with E-state index in [9.17, 15) is 4.79 Å². The molecule has 0 heterocycles. The number of rotatable bonds is 12. The van der Waals surface area contributed by atoms with E-state index >= 15 is 0 Å². The van der Waals surface area contributed by atoms with Gasteiger partial charge in [-0.05, 0) is 37.8 Å². The summed E-state index contributed by atoms with van der Waals surface area (Å²) in [5.41, 5.74) is 7.53. The standard InChI is InChI=1S/C17H28N2O4/c1-21-11-6-10-19-16-13-14(8-9-15(16)18)23-12-5-3-4-7-17(20)22-2/h8-9,13,19H,3-7,10-12,18H2,1-2H3. The molecule has 0 atom stereocenters. The van der Waals surface area contributed by atoms with E-state index in [0.717, 1.165) is 43.7 Å². The third-order valence-electron chi connectivity index (χ3n) is 3.39. The molecule has 6 nitrogen and oxygen atoms in total. The summed E-state index contributed by atoms with van der Waals surface area (Å²) in [5.74, 6) is 0.634. The van der Waals surface area contributed by atoms with Crippen molar-refractivity contribution in [2.75, 3.05) is 45.0 Å². The average molecular weight is 324 g/mol. The second kappa shape index (κ2) is 11.6. The molecule has 0 unspecified atom stereocenters. The van der Waals surface area contributed by atoms with Gasteiger partial charge in [0.25, 0.3) is 0 Å². The number of nitrogen functional groups attached to an aromatic ring is 1. The molecule has 0 aliphatic carbocycles. The zero-order valence-corrected chi connectivity index (χ0v) is 14.1. The first-order valence-corrected chi connectivity index (χ1v) is 7.99. The summed E-state index contributed by atoms with van der Waals surface area (Å²) in [7, 11) is 3.10. The van der Waals surface area contributed by atoms with Gasteiger partial charge in [0, 0.05) is 32.7 Å². The van der Waals surface area contributed by atoms with Gasteiger partial charge in [-0.1, -0.05) is 0 Å². The van der Waals surface area contributed by atoms with Crippen LogP contribution in [0.3, 0.4) is 0 Å². The van der Waals surface area contributed by atoms with Crippen molar-refractivity contribution in [2.24, 2.45) is 0 Å². The van der Waals surface area contributed by atoms with Crippen LogP contribution in [0.1, 0.15) is 32.1 Å². The summed E-state index contributed by atoms with van der Waals surface area (Å²) in [6.45, 7) is 2.14. The minimum Gasteiger partial charge on any atom is -0.494 e. The summed E-state index contributed by atoms with van der Waals surface area (Å²) in [5, 5.41) is 3.28. The van der Waals surface area contributed by atoms with E-state index in [0.29, 0.717) is 25.3 Å². The zero-order valence-electron chi connectivity index (χ0n) is 14.1. The first-order chi connectivity index (χ1) is 11.2. The first-order valence-electron chi connectivity index (χ1n) is 7.99. The van der Waals surface area contributed by atoms with Crippen LogP contribution < -0.4 is 15.8 Å². The van der Waals surface area contributed by atoms with Crippen molar-refractivity contribution >= 4 is 17.3 Å². The minimum absolute atomic E-state index is 0.159. The Morgan fingerprint density at radius 2 is 1.96 bits per heavy atom. The molecular weight excluding hydrogens is 296 g/mol. The lowest BCUT2D eigenvalue weighted by Crippen LogP contribution is -2.07. The van der Waals surface area contributed by atoms with Crippen molar-refractivity contribution in [2.45, 2.75) is 32.1 Å². The Bertz CT molecular complexity index is 466. The Kier molecular flexibility index (Phi) is 9.63. The highest BCUT2D eigenvalue weighted by atomic mass is 16.5. The van der Waals surface area contributed by atoms with Crippen LogP contribution in [-0.2, 0) is 14.3 Å². The van der Waals surface area contributed by atoms with Gasteiger partial charge in [-0.15, -0.1) is 0 Å². The molecule has 23 heavy (non-hydrogen) atoms. The van der Waals surface area contributed by atoms with E-state index in [1.807, 2.05) is 18.2 Å². The van der Waals surface area contributed by atoms with Crippen molar-refractivity contribution in [1.29, 1.82) is 0 Å². The maximum atomic E-state index is 11.0. The second-order valence-electron chi connectivity index (χ2n) is 5.26. The molecule has 6 heteroatoms. The fourth-order valence-electron chi connectivity index (χ4n) is 2.06. The van der Waals surface area contributed by atoms with Crippen LogP contribution in [0.25, 0.3) is 0 Å². The summed E-state index contributed by atoms with van der Waals surface area (Å²) < 4.78 is 15.3. The maximum absolute atomic E-state index is 11.0. The van der Waals surface area contributed by atoms with Crippen LogP contribution in [0.2, 0.25) is 0 Å². The molecule has 130 valence electrons. The molecule has 0 aromatic heterocycles. The van der Waals surface area contributed by atoms with Gasteiger partial charge in [0.1, 0.15) is 5.75 Å². The highest BCUT2D eigenvalue weighted by molar-refractivity contribution is 5.69. The molecule has 0 radical (unpaired) electrons. The number of methoxy groups -OCH3 is 2. The number of hydrogen-bond acceptors (Lipinski definition) is 6. The molecule has 1 rings (SSSR count). The fourth-order valence-corrected chi connectivity index (χ4v) is 2.06. The van der Waals surface area contributed by atoms with Crippen LogP contribution in [-0.4, -0.2) is 39.9 Å². The summed E-state index contributed by atoms with van der Waals surface area (Å²) >= 11 is 0. The van der Waals surface area contributed by atoms with Gasteiger partial charge in [0.05, 0.1) is 25.1 Å². The number of anilines is 2. The van der Waals surface area contributed by atoms with E-state index < -0.39 is 0 Å². The van der Waals surface area contributed by atoms with E-state index in [1.165, 1.54) is 7.11 Å². The number of carbonyl (C=O) groups excluding carboxylic acids is 1. The highest BCUT2D eigenvalue weighted by Crippen LogP contribution is 2.24. The van der Waals surface area contributed by atoms with Gasteiger partial charge >= 0.3 is 5.97 Å². The minimum atomic E-state index is -0.159. The molecule has 3 N–H and O–H groups in total. The lowest BCUT2D eigenvalue weighted by Gasteiger charge is -2.12. The van der Waals surface area contributed by atoms with E-state index in [1.54, 1.807) is 7.11 Å². The van der Waals surface area contributed by atoms with Gasteiger partial charge in [-0.25, -0.2) is 0 Å². The van der Waals surface area contributed by atoms with Gasteiger partial charge in [0.15, 0.2) is 0 Å². The molecule has 0 aliphatic rings. The number of unbranched alkanes of at least 4 members (excludes halogenated alkanes) is 2. The van der Waals surface area contributed by atoms with Crippen LogP contribution in [0, 0.1) is 0 Å². The summed E-state index contributed by atoms with van der Waals surface area (Å²) in [6, 6.07) is 5.62. The Hall–Kier alpha value is -1.95. The topological polar surface area (TPSA) is 82.8 Å². The number of benzene rings is 1. The number of ether oxygens (including phenoxy) is 3. The Morgan fingerprint density at radius 3 is 2.70 bits per heavy atom. The molecule has 0 spiro atoms. The molecule has 0 aliphatic heterocycles. The second-order valence-corrected chi connectivity index (χ2v) is 5.26. The lowest BCUT2D eigenvalue weighted by molar-refractivity contribution is -0.140. The van der Waals surface area contributed by atoms with E-state index in [4.69, 9.17) is 15.2 Å². The number of carbonyl (C=O) groups is 1. The predicted molar refractivity (Wildman–Crippen MR) is 91.8 cm³/mol. The fraction of sp³-hybridized carbons (Fsp3) is 0.588. The Labute approximate surface area is 138 Å². The number of hydrogen-bond donors (Lipinski definition) is 2. The first kappa shape index (κ1) is 19.1. The van der Waals surface area contributed by atoms with Gasteiger partial charge in [-0.2, -0.15) is 0 Å². The Balaban J connectivity index is 2.27. The SMILES string of the molecule is COCCCNc1cc(OCCCCCC(=O)OC)ccc1N. The summed E-state index contributed by atoms with van der Waals surface area (Å²) in [4.78, 5) is 11.0. The molecule has 0 saturated heterocycles. The molecule has 0 fully saturated rings. The van der Waals surface area contributed by atoms with Crippen molar-refractivity contribution in [3.8, 4) is 5.75 Å². The van der Waals surface area contributed by atoms with Crippen LogP contribution in [0.15, 0.2) is 18.2 Å².